The Morgan fingerprint density at radius 3 is 2.58 bits per heavy atom. The predicted octanol–water partition coefficient (Wildman–Crippen LogP) is 3.79. The van der Waals surface area contributed by atoms with Crippen LogP contribution in [0.2, 0.25) is 0 Å². The van der Waals surface area contributed by atoms with Crippen molar-refractivity contribution in [3.8, 4) is 11.8 Å². The summed E-state index contributed by atoms with van der Waals surface area (Å²) in [6.07, 6.45) is 0.480. The van der Waals surface area contributed by atoms with E-state index in [4.69, 9.17) is 10.00 Å². The van der Waals surface area contributed by atoms with Gasteiger partial charge in [0.25, 0.3) is 0 Å². The van der Waals surface area contributed by atoms with Crippen molar-refractivity contribution in [2.24, 2.45) is 0 Å². The second kappa shape index (κ2) is 8.59. The zero-order valence-corrected chi connectivity index (χ0v) is 13.9. The van der Waals surface area contributed by atoms with Gasteiger partial charge in [0.05, 0.1) is 17.7 Å². The normalized spacial score (nSPS) is 10.1. The third kappa shape index (κ3) is 5.65. The van der Waals surface area contributed by atoms with E-state index in [1.165, 1.54) is 0 Å². The van der Waals surface area contributed by atoms with Gasteiger partial charge < -0.3 is 15.4 Å². The van der Waals surface area contributed by atoms with Crippen molar-refractivity contribution in [2.75, 3.05) is 17.2 Å². The van der Waals surface area contributed by atoms with Crippen LogP contribution in [0.5, 0.6) is 5.75 Å². The molecule has 2 aromatic rings. The van der Waals surface area contributed by atoms with Gasteiger partial charge in [-0.05, 0) is 56.3 Å². The first-order chi connectivity index (χ1) is 11.6. The summed E-state index contributed by atoms with van der Waals surface area (Å²) < 4.78 is 5.58. The summed E-state index contributed by atoms with van der Waals surface area (Å²) in [6.45, 7) is 4.49. The zero-order valence-electron chi connectivity index (χ0n) is 13.9. The van der Waals surface area contributed by atoms with Crippen LogP contribution in [0.15, 0.2) is 48.5 Å². The minimum Gasteiger partial charge on any atom is -0.491 e. The fourth-order valence-corrected chi connectivity index (χ4v) is 2.13. The maximum absolute atomic E-state index is 11.9. The van der Waals surface area contributed by atoms with Gasteiger partial charge in [0, 0.05) is 24.3 Å². The highest BCUT2D eigenvalue weighted by atomic mass is 16.5. The standard InChI is InChI=1S/C19H21N3O2/c1-14(2)24-18-8-6-16(7-9-18)21-11-10-19(23)22-17-5-3-4-15(12-17)13-20/h3-9,12,14,21H,10-11H2,1-2H3,(H,22,23). The number of amides is 1. The van der Waals surface area contributed by atoms with Crippen molar-refractivity contribution in [2.45, 2.75) is 26.4 Å². The molecule has 2 aromatic carbocycles. The van der Waals surface area contributed by atoms with Crippen LogP contribution in [-0.4, -0.2) is 18.6 Å². The van der Waals surface area contributed by atoms with E-state index in [0.29, 0.717) is 24.2 Å². The highest BCUT2D eigenvalue weighted by Gasteiger charge is 2.03. The first kappa shape index (κ1) is 17.4. The fourth-order valence-electron chi connectivity index (χ4n) is 2.13. The van der Waals surface area contributed by atoms with Gasteiger partial charge in [-0.25, -0.2) is 0 Å². The SMILES string of the molecule is CC(C)Oc1ccc(NCCC(=O)Nc2cccc(C#N)c2)cc1. The number of rotatable bonds is 7. The molecule has 124 valence electrons. The van der Waals surface area contributed by atoms with E-state index in [9.17, 15) is 4.79 Å². The van der Waals surface area contributed by atoms with Crippen LogP contribution in [0.4, 0.5) is 11.4 Å². The summed E-state index contributed by atoms with van der Waals surface area (Å²) in [5.41, 5.74) is 2.09. The third-order valence-electron chi connectivity index (χ3n) is 3.18. The summed E-state index contributed by atoms with van der Waals surface area (Å²) in [6, 6.07) is 16.5. The molecule has 0 aliphatic heterocycles. The smallest absolute Gasteiger partial charge is 0.226 e. The van der Waals surface area contributed by atoms with Gasteiger partial charge in [-0.2, -0.15) is 5.26 Å². The summed E-state index contributed by atoms with van der Waals surface area (Å²) in [7, 11) is 0. The third-order valence-corrected chi connectivity index (χ3v) is 3.18. The minimum absolute atomic E-state index is 0.0997. The molecule has 0 bridgehead atoms. The van der Waals surface area contributed by atoms with Crippen molar-refractivity contribution in [3.63, 3.8) is 0 Å². The Morgan fingerprint density at radius 1 is 1.17 bits per heavy atom. The number of anilines is 2. The van der Waals surface area contributed by atoms with Crippen molar-refractivity contribution in [3.05, 3.63) is 54.1 Å². The first-order valence-electron chi connectivity index (χ1n) is 7.87. The highest BCUT2D eigenvalue weighted by Crippen LogP contribution is 2.17. The Kier molecular flexibility index (Phi) is 6.21. The van der Waals surface area contributed by atoms with Crippen LogP contribution in [0.25, 0.3) is 0 Å². The summed E-state index contributed by atoms with van der Waals surface area (Å²) in [5, 5.41) is 14.8. The topological polar surface area (TPSA) is 74.2 Å². The lowest BCUT2D eigenvalue weighted by Gasteiger charge is -2.11. The Hall–Kier alpha value is -3.00. The largest absolute Gasteiger partial charge is 0.491 e. The molecule has 1 amide bonds. The number of hydrogen-bond donors (Lipinski definition) is 2. The van der Waals surface area contributed by atoms with E-state index in [1.807, 2.05) is 44.2 Å². The maximum Gasteiger partial charge on any atom is 0.226 e. The molecule has 0 saturated carbocycles. The number of carbonyl (C=O) groups excluding carboxylic acids is 1. The molecule has 5 heteroatoms. The molecule has 2 rings (SSSR count). The molecule has 0 aromatic heterocycles. The minimum atomic E-state index is -0.0997. The van der Waals surface area contributed by atoms with Crippen molar-refractivity contribution >= 4 is 17.3 Å². The van der Waals surface area contributed by atoms with Crippen molar-refractivity contribution in [1.82, 2.24) is 0 Å². The molecule has 0 aliphatic carbocycles. The fraction of sp³-hybridized carbons (Fsp3) is 0.263. The van der Waals surface area contributed by atoms with E-state index in [-0.39, 0.29) is 12.0 Å². The van der Waals surface area contributed by atoms with Crippen LogP contribution in [0.1, 0.15) is 25.8 Å². The van der Waals surface area contributed by atoms with E-state index >= 15 is 0 Å². The molecule has 0 radical (unpaired) electrons. The van der Waals surface area contributed by atoms with Crippen LogP contribution in [0.3, 0.4) is 0 Å². The molecular formula is C19H21N3O2. The number of nitrogens with zero attached hydrogens (tertiary/aromatic N) is 1. The average molecular weight is 323 g/mol. The Morgan fingerprint density at radius 2 is 1.92 bits per heavy atom. The maximum atomic E-state index is 11.9. The second-order valence-corrected chi connectivity index (χ2v) is 5.61. The van der Waals surface area contributed by atoms with E-state index in [0.717, 1.165) is 11.4 Å². The van der Waals surface area contributed by atoms with Gasteiger partial charge in [-0.3, -0.25) is 4.79 Å². The quantitative estimate of drug-likeness (QED) is 0.813. The van der Waals surface area contributed by atoms with Crippen LogP contribution < -0.4 is 15.4 Å². The number of hydrogen-bond acceptors (Lipinski definition) is 4. The molecule has 0 atom stereocenters. The number of nitriles is 1. The molecule has 0 unspecified atom stereocenters. The average Bonchev–Trinajstić information content (AvgIpc) is 2.56. The summed E-state index contributed by atoms with van der Waals surface area (Å²) in [5.74, 6) is 0.725. The molecule has 5 nitrogen and oxygen atoms in total. The predicted molar refractivity (Wildman–Crippen MR) is 95.1 cm³/mol. The number of nitrogens with one attached hydrogen (secondary N) is 2. The van der Waals surface area contributed by atoms with Crippen LogP contribution >= 0.6 is 0 Å². The monoisotopic (exact) mass is 323 g/mol. The van der Waals surface area contributed by atoms with Gasteiger partial charge >= 0.3 is 0 Å². The Bertz CT molecular complexity index is 718. The Balaban J connectivity index is 1.77. The second-order valence-electron chi connectivity index (χ2n) is 5.61. The van der Waals surface area contributed by atoms with Crippen LogP contribution in [-0.2, 0) is 4.79 Å². The Labute approximate surface area is 142 Å². The number of ether oxygens (including phenoxy) is 1. The lowest BCUT2D eigenvalue weighted by atomic mass is 10.2. The van der Waals surface area contributed by atoms with Crippen molar-refractivity contribution in [1.29, 1.82) is 5.26 Å². The highest BCUT2D eigenvalue weighted by molar-refractivity contribution is 5.91. The van der Waals surface area contributed by atoms with Gasteiger partial charge in [0.15, 0.2) is 0 Å². The molecule has 0 aliphatic rings. The molecule has 2 N–H and O–H groups in total. The lowest BCUT2D eigenvalue weighted by molar-refractivity contribution is -0.115. The van der Waals surface area contributed by atoms with E-state index in [2.05, 4.69) is 10.6 Å². The van der Waals surface area contributed by atoms with Gasteiger partial charge in [-0.15, -0.1) is 0 Å². The molecule has 0 saturated heterocycles. The van der Waals surface area contributed by atoms with Crippen LogP contribution in [0, 0.1) is 11.3 Å². The number of carbonyl (C=O) groups is 1. The van der Waals surface area contributed by atoms with Gasteiger partial charge in [0.1, 0.15) is 5.75 Å². The number of benzene rings is 2. The van der Waals surface area contributed by atoms with E-state index < -0.39 is 0 Å². The molecular weight excluding hydrogens is 302 g/mol. The van der Waals surface area contributed by atoms with E-state index in [1.54, 1.807) is 24.3 Å². The molecule has 24 heavy (non-hydrogen) atoms. The first-order valence-corrected chi connectivity index (χ1v) is 7.87. The van der Waals surface area contributed by atoms with Crippen molar-refractivity contribution < 1.29 is 9.53 Å². The lowest BCUT2D eigenvalue weighted by Crippen LogP contribution is -2.16. The molecule has 0 fully saturated rings. The summed E-state index contributed by atoms with van der Waals surface area (Å²) >= 11 is 0. The molecule has 0 spiro atoms. The zero-order chi connectivity index (χ0) is 17.4. The molecule has 0 heterocycles. The van der Waals surface area contributed by atoms with Gasteiger partial charge in [-0.1, -0.05) is 6.07 Å². The van der Waals surface area contributed by atoms with Gasteiger partial charge in [0.2, 0.25) is 5.91 Å². The summed E-state index contributed by atoms with van der Waals surface area (Å²) in [4.78, 5) is 11.9.